The molecule has 1 aromatic rings. The number of rotatable bonds is 0. The van der Waals surface area contributed by atoms with Gasteiger partial charge in [-0.1, -0.05) is 23.8 Å². The first-order chi connectivity index (χ1) is 10.1. The van der Waals surface area contributed by atoms with Gasteiger partial charge in [-0.3, -0.25) is 0 Å². The summed E-state index contributed by atoms with van der Waals surface area (Å²) in [6.45, 7) is 8.33. The molecule has 2 heteroatoms. The first-order valence-corrected chi connectivity index (χ1v) is 8.14. The van der Waals surface area contributed by atoms with E-state index in [9.17, 15) is 0 Å². The van der Waals surface area contributed by atoms with Gasteiger partial charge in [0.2, 0.25) is 0 Å². The monoisotopic (exact) mass is 284 g/mol. The molecule has 4 rings (SSSR count). The number of aryl methyl sites for hydroxylation is 2. The van der Waals surface area contributed by atoms with Crippen LogP contribution in [0, 0.1) is 13.8 Å². The molecular weight excluding hydrogens is 260 g/mol. The molecule has 112 valence electrons. The van der Waals surface area contributed by atoms with Gasteiger partial charge < -0.3 is 9.47 Å². The lowest BCUT2D eigenvalue weighted by molar-refractivity contribution is -0.183. The second-order valence-corrected chi connectivity index (χ2v) is 7.01. The molecule has 0 radical (unpaired) electrons. The average molecular weight is 284 g/mol. The van der Waals surface area contributed by atoms with Gasteiger partial charge in [-0.2, -0.15) is 0 Å². The molecule has 0 amide bonds. The maximum Gasteiger partial charge on any atom is 0.168 e. The summed E-state index contributed by atoms with van der Waals surface area (Å²) in [6, 6.07) is 4.54. The second kappa shape index (κ2) is 4.44. The Morgan fingerprint density at radius 1 is 0.857 bits per heavy atom. The van der Waals surface area contributed by atoms with E-state index in [-0.39, 0.29) is 11.2 Å². The molecule has 1 aliphatic heterocycles. The lowest BCUT2D eigenvalue weighted by Crippen LogP contribution is -2.42. The van der Waals surface area contributed by atoms with Gasteiger partial charge in [0.15, 0.2) is 5.79 Å². The number of fused-ring (bicyclic) bond motifs is 2. The lowest BCUT2D eigenvalue weighted by Gasteiger charge is -2.44. The highest BCUT2D eigenvalue weighted by molar-refractivity contribution is 5.73. The van der Waals surface area contributed by atoms with Gasteiger partial charge in [0.1, 0.15) is 0 Å². The van der Waals surface area contributed by atoms with E-state index in [2.05, 4.69) is 39.0 Å². The summed E-state index contributed by atoms with van der Waals surface area (Å²) in [4.78, 5) is 0. The number of hydrogen-bond donors (Lipinski definition) is 0. The second-order valence-electron chi connectivity index (χ2n) is 7.01. The summed E-state index contributed by atoms with van der Waals surface area (Å²) in [5.74, 6) is -0.272. The van der Waals surface area contributed by atoms with Crippen molar-refractivity contribution in [3.8, 4) is 0 Å². The Morgan fingerprint density at radius 2 is 1.48 bits per heavy atom. The van der Waals surface area contributed by atoms with E-state index in [0.717, 1.165) is 38.9 Å². The summed E-state index contributed by atoms with van der Waals surface area (Å²) < 4.78 is 11.8. The molecule has 2 fully saturated rings. The Hall–Kier alpha value is -1.12. The fourth-order valence-electron chi connectivity index (χ4n) is 4.69. The predicted octanol–water partition coefficient (Wildman–Crippen LogP) is 4.28. The van der Waals surface area contributed by atoms with Crippen LogP contribution in [-0.2, 0) is 14.9 Å². The molecule has 1 saturated heterocycles. The molecule has 1 aromatic carbocycles. The standard InChI is InChI=1S/C19H24O2/c1-13-4-5-14(2)17-16(13)12-15(3)18(17)6-8-19(9-7-18)20-10-11-21-19/h4-5,12H,6-11H2,1-3H3. The summed E-state index contributed by atoms with van der Waals surface area (Å²) in [7, 11) is 0. The van der Waals surface area contributed by atoms with Crippen molar-refractivity contribution >= 4 is 6.08 Å². The van der Waals surface area contributed by atoms with Crippen molar-refractivity contribution in [1.82, 2.24) is 0 Å². The van der Waals surface area contributed by atoms with Gasteiger partial charge in [-0.05, 0) is 55.9 Å². The highest BCUT2D eigenvalue weighted by atomic mass is 16.7. The highest BCUT2D eigenvalue weighted by Crippen LogP contribution is 2.55. The van der Waals surface area contributed by atoms with Crippen LogP contribution in [-0.4, -0.2) is 19.0 Å². The maximum absolute atomic E-state index is 5.92. The first-order valence-electron chi connectivity index (χ1n) is 8.14. The van der Waals surface area contributed by atoms with Crippen LogP contribution in [0.4, 0.5) is 0 Å². The SMILES string of the molecule is CC1=Cc2c(C)ccc(C)c2C12CCC1(CC2)OCCO1. The fourth-order valence-corrected chi connectivity index (χ4v) is 4.69. The molecule has 0 N–H and O–H groups in total. The van der Waals surface area contributed by atoms with E-state index >= 15 is 0 Å². The number of hydrogen-bond acceptors (Lipinski definition) is 2. The molecule has 0 atom stereocenters. The van der Waals surface area contributed by atoms with Crippen LogP contribution in [0.25, 0.3) is 6.08 Å². The van der Waals surface area contributed by atoms with E-state index in [4.69, 9.17) is 9.47 Å². The van der Waals surface area contributed by atoms with E-state index in [1.807, 2.05) is 0 Å². The number of allylic oxidation sites excluding steroid dienone is 1. The molecule has 21 heavy (non-hydrogen) atoms. The normalized spacial score (nSPS) is 25.4. The van der Waals surface area contributed by atoms with Gasteiger partial charge in [-0.25, -0.2) is 0 Å². The van der Waals surface area contributed by atoms with Crippen LogP contribution in [0.15, 0.2) is 17.7 Å². The van der Waals surface area contributed by atoms with Gasteiger partial charge >= 0.3 is 0 Å². The van der Waals surface area contributed by atoms with Gasteiger partial charge in [0.05, 0.1) is 13.2 Å². The third kappa shape index (κ3) is 1.79. The Balaban J connectivity index is 1.75. The van der Waals surface area contributed by atoms with Gasteiger partial charge in [0, 0.05) is 18.3 Å². The van der Waals surface area contributed by atoms with Crippen molar-refractivity contribution in [1.29, 1.82) is 0 Å². The van der Waals surface area contributed by atoms with Crippen LogP contribution in [0.5, 0.6) is 0 Å². The van der Waals surface area contributed by atoms with Crippen molar-refractivity contribution in [2.45, 2.75) is 57.7 Å². The van der Waals surface area contributed by atoms with Gasteiger partial charge in [0.25, 0.3) is 0 Å². The third-order valence-electron chi connectivity index (χ3n) is 5.95. The van der Waals surface area contributed by atoms with Crippen molar-refractivity contribution in [3.63, 3.8) is 0 Å². The minimum Gasteiger partial charge on any atom is -0.348 e. The van der Waals surface area contributed by atoms with E-state index < -0.39 is 0 Å². The molecule has 1 saturated carbocycles. The molecule has 1 heterocycles. The van der Waals surface area contributed by atoms with E-state index in [1.165, 1.54) is 22.3 Å². The van der Waals surface area contributed by atoms with Crippen molar-refractivity contribution < 1.29 is 9.47 Å². The van der Waals surface area contributed by atoms with Crippen LogP contribution in [0.2, 0.25) is 0 Å². The summed E-state index contributed by atoms with van der Waals surface area (Å²) in [5.41, 5.74) is 7.65. The smallest absolute Gasteiger partial charge is 0.168 e. The van der Waals surface area contributed by atoms with Gasteiger partial charge in [-0.15, -0.1) is 0 Å². The molecular formula is C19H24O2. The Bertz CT molecular complexity index is 611. The number of ether oxygens (including phenoxy) is 2. The molecule has 0 aromatic heterocycles. The minimum absolute atomic E-state index is 0.228. The lowest BCUT2D eigenvalue weighted by atomic mass is 9.65. The average Bonchev–Trinajstić information content (AvgIpc) is 3.03. The van der Waals surface area contributed by atoms with E-state index in [1.54, 1.807) is 5.56 Å². The van der Waals surface area contributed by atoms with Crippen molar-refractivity contribution in [2.75, 3.05) is 13.2 Å². The van der Waals surface area contributed by atoms with Crippen molar-refractivity contribution in [3.05, 3.63) is 40.0 Å². The zero-order chi connectivity index (χ0) is 14.7. The minimum atomic E-state index is -0.272. The van der Waals surface area contributed by atoms with Crippen LogP contribution in [0.3, 0.4) is 0 Å². The third-order valence-corrected chi connectivity index (χ3v) is 5.95. The van der Waals surface area contributed by atoms with Crippen molar-refractivity contribution in [2.24, 2.45) is 0 Å². The zero-order valence-corrected chi connectivity index (χ0v) is 13.3. The molecule has 0 bridgehead atoms. The summed E-state index contributed by atoms with van der Waals surface area (Å²) in [6.07, 6.45) is 6.75. The Kier molecular flexibility index (Phi) is 2.86. The predicted molar refractivity (Wildman–Crippen MR) is 84.3 cm³/mol. The fraction of sp³-hybridized carbons (Fsp3) is 0.579. The molecule has 2 spiro atoms. The van der Waals surface area contributed by atoms with Crippen LogP contribution >= 0.6 is 0 Å². The quantitative estimate of drug-likeness (QED) is 0.708. The summed E-state index contributed by atoms with van der Waals surface area (Å²) >= 11 is 0. The van der Waals surface area contributed by atoms with E-state index in [0.29, 0.717) is 0 Å². The molecule has 0 unspecified atom stereocenters. The molecule has 3 aliphatic rings. The first kappa shape index (κ1) is 13.5. The van der Waals surface area contributed by atoms with Crippen LogP contribution < -0.4 is 0 Å². The van der Waals surface area contributed by atoms with Crippen LogP contribution in [0.1, 0.15) is 54.9 Å². The largest absolute Gasteiger partial charge is 0.348 e. The Labute approximate surface area is 127 Å². The number of benzene rings is 1. The Morgan fingerprint density at radius 3 is 2.14 bits per heavy atom. The maximum atomic E-state index is 5.92. The highest BCUT2D eigenvalue weighted by Gasteiger charge is 2.50. The zero-order valence-electron chi connectivity index (χ0n) is 13.3. The summed E-state index contributed by atoms with van der Waals surface area (Å²) in [5, 5.41) is 0. The molecule has 2 aliphatic carbocycles. The molecule has 2 nitrogen and oxygen atoms in total. The topological polar surface area (TPSA) is 18.5 Å².